The number of carboxylic acids is 1. The van der Waals surface area contributed by atoms with Gasteiger partial charge in [-0.15, -0.1) is 0 Å². The van der Waals surface area contributed by atoms with Gasteiger partial charge in [-0.3, -0.25) is 14.4 Å². The fourth-order valence-corrected chi connectivity index (χ4v) is 5.15. The molecule has 10 nitrogen and oxygen atoms in total. The molecule has 0 aliphatic carbocycles. The zero-order chi connectivity index (χ0) is 33.0. The molecule has 0 bridgehead atoms. The van der Waals surface area contributed by atoms with Gasteiger partial charge in [-0.2, -0.15) is 0 Å². The van der Waals surface area contributed by atoms with E-state index < -0.39 is 54.1 Å². The van der Waals surface area contributed by atoms with Crippen molar-refractivity contribution in [2.45, 2.75) is 90.6 Å². The van der Waals surface area contributed by atoms with Crippen molar-refractivity contribution >= 4 is 47.2 Å². The van der Waals surface area contributed by atoms with E-state index in [-0.39, 0.29) is 72.3 Å². The molecule has 0 saturated carbocycles. The van der Waals surface area contributed by atoms with Crippen LogP contribution in [0.25, 0.3) is 0 Å². The van der Waals surface area contributed by atoms with Crippen molar-refractivity contribution in [2.75, 3.05) is 7.05 Å². The van der Waals surface area contributed by atoms with Gasteiger partial charge >= 0.3 is 5.97 Å². The average Bonchev–Trinajstić information content (AvgIpc) is 3.16. The largest absolute Gasteiger partial charge is 0.507 e. The van der Waals surface area contributed by atoms with Crippen LogP contribution >= 0.6 is 0 Å². The molecule has 0 aromatic carbocycles. The van der Waals surface area contributed by atoms with Gasteiger partial charge in [-0.05, 0) is 32.3 Å². The maximum absolute atomic E-state index is 12.5. The van der Waals surface area contributed by atoms with Gasteiger partial charge in [-0.1, -0.05) is 87.1 Å². The van der Waals surface area contributed by atoms with Gasteiger partial charge in [0, 0.05) is 55.4 Å². The number of nitrogens with zero attached hydrogens (tertiary/aromatic N) is 1. The second kappa shape index (κ2) is 19.8. The summed E-state index contributed by atoms with van der Waals surface area (Å²) >= 11 is 0. The van der Waals surface area contributed by atoms with Gasteiger partial charge in [0.1, 0.15) is 17.4 Å². The van der Waals surface area contributed by atoms with Crippen LogP contribution in [0.4, 0.5) is 0 Å². The Morgan fingerprint density at radius 1 is 1.00 bits per heavy atom. The Morgan fingerprint density at radius 2 is 1.56 bits per heavy atom. The Morgan fingerprint density at radius 3 is 2.09 bits per heavy atom. The standard InChI is InChI=1S/C34H47NO9.Na/c1-21(2)33(44-29-20-27(37)31(40)24(5)43-29)23(4)19-22(3)15-13-11-9-7-8-10-12-14-16-26(36)30-32(41)25(17-18-28(38)39)35(6)34(30)42;/h7-16,19,21,23-25,27,29,31,33,36-37,40H,17-18,20H2,1-6H3,(H,38,39);/b8-7+,11-9+,12-10+,15-13+,16-14+,22-19+,30-26+;. The Hall–Kier alpha value is -2.57. The number of likely N-dealkylation sites (tertiary alicyclic amines) is 1. The number of allylic oxidation sites excluding steroid dienone is 11. The minimum absolute atomic E-state index is 0. The van der Waals surface area contributed by atoms with Crippen LogP contribution in [0.5, 0.6) is 0 Å². The summed E-state index contributed by atoms with van der Waals surface area (Å²) < 4.78 is 12.0. The van der Waals surface area contributed by atoms with E-state index in [0.717, 1.165) is 10.5 Å². The van der Waals surface area contributed by atoms with Crippen LogP contribution < -0.4 is 0 Å². The van der Waals surface area contributed by atoms with Crippen LogP contribution in [-0.4, -0.2) is 116 Å². The first-order valence-electron chi connectivity index (χ1n) is 14.9. The summed E-state index contributed by atoms with van der Waals surface area (Å²) in [5.74, 6) is -2.43. The number of amides is 1. The number of ether oxygens (including phenoxy) is 2. The van der Waals surface area contributed by atoms with E-state index in [4.69, 9.17) is 14.6 Å². The first-order chi connectivity index (χ1) is 20.7. The van der Waals surface area contributed by atoms with Crippen molar-refractivity contribution in [3.63, 3.8) is 0 Å². The molecule has 11 heteroatoms. The number of likely N-dealkylation sites (N-methyl/N-ethyl adjacent to an activating group) is 1. The molecular formula is C34H47NNaO9. The van der Waals surface area contributed by atoms with E-state index in [2.05, 4.69) is 26.8 Å². The first-order valence-corrected chi connectivity index (χ1v) is 14.9. The fraction of sp³-hybridized carbons (Fsp3) is 0.500. The van der Waals surface area contributed by atoms with Crippen LogP contribution in [0, 0.1) is 11.8 Å². The second-order valence-corrected chi connectivity index (χ2v) is 11.5. The zero-order valence-corrected chi connectivity index (χ0v) is 29.4. The molecule has 0 spiro atoms. The summed E-state index contributed by atoms with van der Waals surface area (Å²) in [5, 5.41) is 39.1. The van der Waals surface area contributed by atoms with E-state index in [9.17, 15) is 29.7 Å². The summed E-state index contributed by atoms with van der Waals surface area (Å²) in [6.45, 7) is 9.97. The van der Waals surface area contributed by atoms with E-state index in [1.165, 1.54) is 19.2 Å². The van der Waals surface area contributed by atoms with Crippen molar-refractivity contribution in [3.8, 4) is 0 Å². The minimum Gasteiger partial charge on any atom is -0.507 e. The summed E-state index contributed by atoms with van der Waals surface area (Å²) in [6.07, 6.45) is 16.4. The van der Waals surface area contributed by atoms with Crippen molar-refractivity contribution in [2.24, 2.45) is 11.8 Å². The molecule has 45 heavy (non-hydrogen) atoms. The fourth-order valence-electron chi connectivity index (χ4n) is 5.15. The number of hydrogen-bond acceptors (Lipinski definition) is 8. The van der Waals surface area contributed by atoms with Crippen LogP contribution in [0.1, 0.15) is 53.9 Å². The minimum atomic E-state index is -1.06. The number of aliphatic carboxylic acids is 1. The van der Waals surface area contributed by atoms with Crippen molar-refractivity contribution < 1.29 is 44.3 Å². The second-order valence-electron chi connectivity index (χ2n) is 11.5. The Balaban J connectivity index is 0.0000101. The Labute approximate surface area is 288 Å². The predicted octanol–water partition coefficient (Wildman–Crippen LogP) is 3.95. The number of rotatable bonds is 14. The average molecular weight is 637 g/mol. The van der Waals surface area contributed by atoms with E-state index >= 15 is 0 Å². The molecule has 2 fully saturated rings. The third kappa shape index (κ3) is 12.6. The van der Waals surface area contributed by atoms with Gasteiger partial charge in [-0.25, -0.2) is 0 Å². The quantitative estimate of drug-likeness (QED) is 0.0730. The molecule has 0 aromatic heterocycles. The first kappa shape index (κ1) is 40.5. The maximum atomic E-state index is 12.5. The van der Waals surface area contributed by atoms with Crippen LogP contribution in [0.15, 0.2) is 83.7 Å². The number of aliphatic hydroxyl groups is 3. The smallest absolute Gasteiger partial charge is 0.303 e. The summed E-state index contributed by atoms with van der Waals surface area (Å²) in [7, 11) is 1.41. The molecular weight excluding hydrogens is 589 g/mol. The van der Waals surface area contributed by atoms with Crippen molar-refractivity contribution in [1.29, 1.82) is 0 Å². The van der Waals surface area contributed by atoms with E-state index in [1.54, 1.807) is 25.2 Å². The molecule has 2 aliphatic heterocycles. The van der Waals surface area contributed by atoms with Gasteiger partial charge in [0.25, 0.3) is 5.91 Å². The molecule has 2 rings (SSSR count). The third-order valence-corrected chi connectivity index (χ3v) is 7.52. The molecule has 7 atom stereocenters. The van der Waals surface area contributed by atoms with Crippen LogP contribution in [0.2, 0.25) is 0 Å². The molecule has 243 valence electrons. The molecule has 1 amide bonds. The maximum Gasteiger partial charge on any atom is 0.303 e. The van der Waals surface area contributed by atoms with E-state index in [0.29, 0.717) is 0 Å². The number of carboxylic acid groups (broad SMARTS) is 1. The molecule has 2 aliphatic rings. The van der Waals surface area contributed by atoms with Crippen molar-refractivity contribution in [1.82, 2.24) is 4.90 Å². The van der Waals surface area contributed by atoms with Crippen LogP contribution in [0.3, 0.4) is 0 Å². The number of carbonyl (C=O) groups is 3. The zero-order valence-electron chi connectivity index (χ0n) is 27.4. The summed E-state index contributed by atoms with van der Waals surface area (Å²) in [5.41, 5.74) is 0.726. The van der Waals surface area contributed by atoms with Gasteiger partial charge in [0.05, 0.1) is 24.4 Å². The number of hydrogen-bond donors (Lipinski definition) is 4. The SMILES string of the molecule is CC(/C=C/C=C/C=C/C=C/C=C/C(O)=C1/C(=O)C(CCC(=O)O)N(C)C1=O)=C\C(C)C(OC1CC(O)C(O)C(C)O1)C(C)C.[Na]. The Bertz CT molecular complexity index is 1220. The molecule has 0 aromatic rings. The van der Waals surface area contributed by atoms with E-state index in [1.807, 2.05) is 37.3 Å². The predicted molar refractivity (Wildman–Crippen MR) is 173 cm³/mol. The third-order valence-electron chi connectivity index (χ3n) is 7.52. The topological polar surface area (TPSA) is 154 Å². The summed E-state index contributed by atoms with van der Waals surface area (Å²) in [6, 6.07) is -0.894. The molecule has 7 unspecified atom stereocenters. The molecule has 2 saturated heterocycles. The molecule has 2 heterocycles. The molecule has 4 N–H and O–H groups in total. The normalized spacial score (nSPS) is 27.5. The number of Topliss-reactive ketones (excluding diaryl/α,β-unsaturated/α-hetero) is 1. The van der Waals surface area contributed by atoms with Gasteiger partial charge < -0.3 is 34.8 Å². The van der Waals surface area contributed by atoms with Crippen molar-refractivity contribution in [3.05, 3.63) is 83.7 Å². The van der Waals surface area contributed by atoms with Gasteiger partial charge in [0.15, 0.2) is 12.1 Å². The van der Waals surface area contributed by atoms with Gasteiger partial charge in [0.2, 0.25) is 0 Å². The molecule has 1 radical (unpaired) electrons. The Kier molecular flexibility index (Phi) is 17.8. The van der Waals surface area contributed by atoms with Crippen LogP contribution in [-0.2, 0) is 23.9 Å². The number of aliphatic hydroxyl groups excluding tert-OH is 3. The summed E-state index contributed by atoms with van der Waals surface area (Å²) in [4.78, 5) is 36.9. The number of carbonyl (C=O) groups excluding carboxylic acids is 2. The number of ketones is 1. The monoisotopic (exact) mass is 636 g/mol.